The highest BCUT2D eigenvalue weighted by molar-refractivity contribution is 5.44. The number of aromatic nitrogens is 2. The van der Waals surface area contributed by atoms with Gasteiger partial charge in [-0.3, -0.25) is 0 Å². The van der Waals surface area contributed by atoms with Gasteiger partial charge in [0.2, 0.25) is 5.95 Å². The van der Waals surface area contributed by atoms with Gasteiger partial charge in [-0.05, 0) is 32.1 Å². The normalized spacial score (nSPS) is 15.1. The van der Waals surface area contributed by atoms with Crippen molar-refractivity contribution < 1.29 is 4.39 Å². The molecule has 0 saturated heterocycles. The van der Waals surface area contributed by atoms with Crippen molar-refractivity contribution in [3.63, 3.8) is 0 Å². The van der Waals surface area contributed by atoms with E-state index in [1.54, 1.807) is 0 Å². The van der Waals surface area contributed by atoms with Crippen LogP contribution in [0.15, 0.2) is 6.20 Å². The van der Waals surface area contributed by atoms with Gasteiger partial charge in [0.05, 0.1) is 6.20 Å². The molecular formula is C14H23FN4. The standard InChI is InChI=1S/C14H23FN4/c1-3-8-16-14-17-9-12(15)13(18-14)19(4-2)10-11-6-5-7-11/h9,11H,3-8,10H2,1-2H3,(H,16,17,18). The molecule has 1 N–H and O–H groups in total. The van der Waals surface area contributed by atoms with Crippen molar-refractivity contribution in [1.29, 1.82) is 0 Å². The summed E-state index contributed by atoms with van der Waals surface area (Å²) >= 11 is 0. The predicted octanol–water partition coefficient (Wildman–Crippen LogP) is 3.06. The molecule has 0 bridgehead atoms. The highest BCUT2D eigenvalue weighted by atomic mass is 19.1. The number of rotatable bonds is 7. The van der Waals surface area contributed by atoms with E-state index in [1.165, 1.54) is 25.5 Å². The Morgan fingerprint density at radius 1 is 1.42 bits per heavy atom. The van der Waals surface area contributed by atoms with Crippen LogP contribution in [0, 0.1) is 11.7 Å². The summed E-state index contributed by atoms with van der Waals surface area (Å²) in [6.45, 7) is 6.60. The van der Waals surface area contributed by atoms with Crippen LogP contribution in [-0.4, -0.2) is 29.6 Å². The monoisotopic (exact) mass is 266 g/mol. The maximum absolute atomic E-state index is 13.9. The Labute approximate surface area is 114 Å². The molecule has 1 aromatic rings. The summed E-state index contributed by atoms with van der Waals surface area (Å²) in [5.74, 6) is 1.32. The molecule has 1 aliphatic rings. The predicted molar refractivity (Wildman–Crippen MR) is 76.0 cm³/mol. The summed E-state index contributed by atoms with van der Waals surface area (Å²) in [4.78, 5) is 10.3. The zero-order valence-corrected chi connectivity index (χ0v) is 11.8. The maximum atomic E-state index is 13.9. The van der Waals surface area contributed by atoms with Crippen molar-refractivity contribution in [3.05, 3.63) is 12.0 Å². The van der Waals surface area contributed by atoms with E-state index in [0.29, 0.717) is 17.7 Å². The summed E-state index contributed by atoms with van der Waals surface area (Å²) in [6.07, 6.45) is 6.07. The van der Waals surface area contributed by atoms with Gasteiger partial charge in [0, 0.05) is 19.6 Å². The molecule has 0 aromatic carbocycles. The molecule has 1 aromatic heterocycles. The molecule has 0 radical (unpaired) electrons. The molecule has 2 rings (SSSR count). The van der Waals surface area contributed by atoms with E-state index < -0.39 is 0 Å². The van der Waals surface area contributed by atoms with Gasteiger partial charge in [0.15, 0.2) is 11.6 Å². The highest BCUT2D eigenvalue weighted by Crippen LogP contribution is 2.29. The minimum absolute atomic E-state index is 0.330. The Bertz CT molecular complexity index is 406. The molecule has 0 spiro atoms. The Balaban J connectivity index is 2.09. The molecule has 106 valence electrons. The fourth-order valence-corrected chi connectivity index (χ4v) is 2.25. The summed E-state index contributed by atoms with van der Waals surface area (Å²) in [5.41, 5.74) is 0. The lowest BCUT2D eigenvalue weighted by Gasteiger charge is -2.32. The van der Waals surface area contributed by atoms with Crippen LogP contribution in [0.2, 0.25) is 0 Å². The van der Waals surface area contributed by atoms with Crippen molar-refractivity contribution in [2.45, 2.75) is 39.5 Å². The summed E-state index contributed by atoms with van der Waals surface area (Å²) < 4.78 is 13.9. The van der Waals surface area contributed by atoms with Crippen LogP contribution >= 0.6 is 0 Å². The van der Waals surface area contributed by atoms with Gasteiger partial charge < -0.3 is 10.2 Å². The van der Waals surface area contributed by atoms with Gasteiger partial charge in [-0.2, -0.15) is 4.98 Å². The van der Waals surface area contributed by atoms with Crippen LogP contribution < -0.4 is 10.2 Å². The van der Waals surface area contributed by atoms with Crippen LogP contribution in [0.5, 0.6) is 0 Å². The smallest absolute Gasteiger partial charge is 0.224 e. The Hall–Kier alpha value is -1.39. The molecular weight excluding hydrogens is 243 g/mol. The minimum Gasteiger partial charge on any atom is -0.354 e. The number of nitrogens with zero attached hydrogens (tertiary/aromatic N) is 3. The first-order chi connectivity index (χ1) is 9.24. The lowest BCUT2D eigenvalue weighted by Crippen LogP contribution is -2.33. The quantitative estimate of drug-likeness (QED) is 0.823. The number of anilines is 2. The van der Waals surface area contributed by atoms with Crippen molar-refractivity contribution in [1.82, 2.24) is 9.97 Å². The third-order valence-corrected chi connectivity index (χ3v) is 3.64. The Morgan fingerprint density at radius 3 is 2.79 bits per heavy atom. The molecule has 19 heavy (non-hydrogen) atoms. The van der Waals surface area contributed by atoms with E-state index in [4.69, 9.17) is 0 Å². The van der Waals surface area contributed by atoms with Crippen LogP contribution in [0.3, 0.4) is 0 Å². The average Bonchev–Trinajstić information content (AvgIpc) is 2.37. The van der Waals surface area contributed by atoms with Gasteiger partial charge in [-0.25, -0.2) is 9.37 Å². The summed E-state index contributed by atoms with van der Waals surface area (Å²) in [5, 5.41) is 3.11. The van der Waals surface area contributed by atoms with Gasteiger partial charge in [0.25, 0.3) is 0 Å². The second-order valence-corrected chi connectivity index (χ2v) is 5.13. The van der Waals surface area contributed by atoms with E-state index in [9.17, 15) is 4.39 Å². The maximum Gasteiger partial charge on any atom is 0.224 e. The molecule has 0 aliphatic heterocycles. The molecule has 0 atom stereocenters. The van der Waals surface area contributed by atoms with Crippen LogP contribution in [0.4, 0.5) is 16.2 Å². The third-order valence-electron chi connectivity index (χ3n) is 3.64. The molecule has 4 nitrogen and oxygen atoms in total. The van der Waals surface area contributed by atoms with Crippen molar-refractivity contribution in [3.8, 4) is 0 Å². The molecule has 1 aliphatic carbocycles. The van der Waals surface area contributed by atoms with Gasteiger partial charge >= 0.3 is 0 Å². The van der Waals surface area contributed by atoms with Crippen LogP contribution in [0.25, 0.3) is 0 Å². The molecule has 1 heterocycles. The number of halogens is 1. The number of hydrogen-bond donors (Lipinski definition) is 1. The fourth-order valence-electron chi connectivity index (χ4n) is 2.25. The molecule has 1 fully saturated rings. The van der Waals surface area contributed by atoms with Gasteiger partial charge in [0.1, 0.15) is 0 Å². The van der Waals surface area contributed by atoms with Gasteiger partial charge in [-0.15, -0.1) is 0 Å². The molecule has 0 unspecified atom stereocenters. The van der Waals surface area contributed by atoms with E-state index >= 15 is 0 Å². The van der Waals surface area contributed by atoms with E-state index in [0.717, 1.165) is 26.1 Å². The summed E-state index contributed by atoms with van der Waals surface area (Å²) in [7, 11) is 0. The fraction of sp³-hybridized carbons (Fsp3) is 0.714. The zero-order chi connectivity index (χ0) is 13.7. The molecule has 5 heteroatoms. The number of nitrogens with one attached hydrogen (secondary N) is 1. The number of hydrogen-bond acceptors (Lipinski definition) is 4. The van der Waals surface area contributed by atoms with Crippen molar-refractivity contribution in [2.75, 3.05) is 29.9 Å². The lowest BCUT2D eigenvalue weighted by molar-refractivity contribution is 0.317. The topological polar surface area (TPSA) is 41.1 Å². The molecule has 0 amide bonds. The second kappa shape index (κ2) is 6.68. The first-order valence-corrected chi connectivity index (χ1v) is 7.26. The SMILES string of the molecule is CCCNc1ncc(F)c(N(CC)CC2CCC2)n1. The first-order valence-electron chi connectivity index (χ1n) is 7.26. The van der Waals surface area contributed by atoms with E-state index in [1.807, 2.05) is 11.8 Å². The average molecular weight is 266 g/mol. The minimum atomic E-state index is -0.330. The van der Waals surface area contributed by atoms with Crippen molar-refractivity contribution in [2.24, 2.45) is 5.92 Å². The van der Waals surface area contributed by atoms with Crippen molar-refractivity contribution >= 4 is 11.8 Å². The summed E-state index contributed by atoms with van der Waals surface area (Å²) in [6, 6.07) is 0. The highest BCUT2D eigenvalue weighted by Gasteiger charge is 2.22. The Kier molecular flexibility index (Phi) is 4.93. The zero-order valence-electron chi connectivity index (χ0n) is 11.8. The van der Waals surface area contributed by atoms with E-state index in [2.05, 4.69) is 22.2 Å². The first kappa shape index (κ1) is 14.0. The van der Waals surface area contributed by atoms with Gasteiger partial charge in [-0.1, -0.05) is 13.3 Å². The van der Waals surface area contributed by atoms with Crippen LogP contribution in [0.1, 0.15) is 39.5 Å². The molecule has 1 saturated carbocycles. The Morgan fingerprint density at radius 2 is 2.21 bits per heavy atom. The third kappa shape index (κ3) is 3.55. The largest absolute Gasteiger partial charge is 0.354 e. The lowest BCUT2D eigenvalue weighted by atomic mass is 9.85. The van der Waals surface area contributed by atoms with E-state index in [-0.39, 0.29) is 5.82 Å². The second-order valence-electron chi connectivity index (χ2n) is 5.13. The van der Waals surface area contributed by atoms with Crippen LogP contribution in [-0.2, 0) is 0 Å².